The number of carbonyl (C=O) groups is 1. The topological polar surface area (TPSA) is 87.7 Å². The zero-order chi connectivity index (χ0) is 18.6. The molecule has 0 fully saturated rings. The molecule has 0 unspecified atom stereocenters. The lowest BCUT2D eigenvalue weighted by atomic mass is 10.1. The Bertz CT molecular complexity index is 1180. The average molecular weight is 358 g/mol. The van der Waals surface area contributed by atoms with Crippen LogP contribution in [0.2, 0.25) is 0 Å². The highest BCUT2D eigenvalue weighted by Gasteiger charge is 2.10. The van der Waals surface area contributed by atoms with Gasteiger partial charge in [0.1, 0.15) is 0 Å². The highest BCUT2D eigenvalue weighted by molar-refractivity contribution is 5.88. The molecule has 0 atom stereocenters. The number of para-hydroxylation sites is 1. The maximum Gasteiger partial charge on any atom is 0.272 e. The first-order chi connectivity index (χ1) is 13.2. The summed E-state index contributed by atoms with van der Waals surface area (Å²) in [5.74, 6) is -0.132. The first-order valence-corrected chi connectivity index (χ1v) is 8.78. The molecule has 0 bridgehead atoms. The van der Waals surface area contributed by atoms with Gasteiger partial charge in [-0.1, -0.05) is 42.5 Å². The molecule has 0 spiro atoms. The van der Waals surface area contributed by atoms with Crippen LogP contribution < -0.4 is 10.9 Å². The van der Waals surface area contributed by atoms with Crippen molar-refractivity contribution in [2.75, 3.05) is 6.54 Å². The monoisotopic (exact) mass is 358 g/mol. The number of aromatic amines is 1. The van der Waals surface area contributed by atoms with Crippen molar-refractivity contribution in [3.05, 3.63) is 82.4 Å². The summed E-state index contributed by atoms with van der Waals surface area (Å²) in [5.41, 5.74) is 2.37. The Hall–Kier alpha value is -3.54. The second-order valence-corrected chi connectivity index (χ2v) is 6.31. The number of amides is 1. The molecule has 134 valence electrons. The van der Waals surface area contributed by atoms with E-state index in [4.69, 9.17) is 0 Å². The third-order valence-electron chi connectivity index (χ3n) is 4.54. The van der Waals surface area contributed by atoms with Crippen LogP contribution in [0.4, 0.5) is 0 Å². The van der Waals surface area contributed by atoms with Crippen molar-refractivity contribution in [3.8, 4) is 0 Å². The second-order valence-electron chi connectivity index (χ2n) is 6.31. The van der Waals surface area contributed by atoms with Crippen molar-refractivity contribution in [2.45, 2.75) is 12.8 Å². The molecule has 0 aliphatic rings. The summed E-state index contributed by atoms with van der Waals surface area (Å²) < 4.78 is 0. The highest BCUT2D eigenvalue weighted by atomic mass is 16.1. The van der Waals surface area contributed by atoms with Crippen LogP contribution in [0.5, 0.6) is 0 Å². The van der Waals surface area contributed by atoms with Gasteiger partial charge in [-0.2, -0.15) is 5.10 Å². The summed E-state index contributed by atoms with van der Waals surface area (Å²) in [4.78, 5) is 28.6. The standard InChI is InChI=1S/C21H18N4O2/c26-19(13-18-16-8-1-2-9-17(16)21(27)25-24-18)22-12-10-15-6-3-5-14-7-4-11-23-20(14)15/h1-9,11H,10,12-13H2,(H,22,26)(H,25,27). The van der Waals surface area contributed by atoms with Crippen molar-refractivity contribution in [1.29, 1.82) is 0 Å². The van der Waals surface area contributed by atoms with Gasteiger partial charge in [0, 0.05) is 23.5 Å². The van der Waals surface area contributed by atoms with Crippen molar-refractivity contribution in [1.82, 2.24) is 20.5 Å². The number of hydrogen-bond donors (Lipinski definition) is 2. The van der Waals surface area contributed by atoms with Crippen LogP contribution in [0.3, 0.4) is 0 Å². The highest BCUT2D eigenvalue weighted by Crippen LogP contribution is 2.16. The zero-order valence-electron chi connectivity index (χ0n) is 14.6. The summed E-state index contributed by atoms with van der Waals surface area (Å²) in [5, 5.41) is 11.8. The number of H-pyrrole nitrogens is 1. The van der Waals surface area contributed by atoms with E-state index in [0.29, 0.717) is 29.4 Å². The summed E-state index contributed by atoms with van der Waals surface area (Å²) in [6.07, 6.45) is 2.59. The Morgan fingerprint density at radius 3 is 2.70 bits per heavy atom. The third kappa shape index (κ3) is 3.55. The van der Waals surface area contributed by atoms with Crippen LogP contribution in [-0.4, -0.2) is 27.6 Å². The largest absolute Gasteiger partial charge is 0.355 e. The third-order valence-corrected chi connectivity index (χ3v) is 4.54. The Balaban J connectivity index is 1.43. The SMILES string of the molecule is O=C(Cc1n[nH]c(=O)c2ccccc12)NCCc1cccc2cccnc12. The average Bonchev–Trinajstić information content (AvgIpc) is 2.70. The van der Waals surface area contributed by atoms with E-state index in [-0.39, 0.29) is 17.9 Å². The first kappa shape index (κ1) is 16.9. The molecule has 0 aliphatic heterocycles. The van der Waals surface area contributed by atoms with E-state index in [0.717, 1.165) is 16.5 Å². The number of pyridine rings is 1. The molecule has 2 aromatic heterocycles. The van der Waals surface area contributed by atoms with Gasteiger partial charge in [-0.05, 0) is 24.1 Å². The van der Waals surface area contributed by atoms with Gasteiger partial charge >= 0.3 is 0 Å². The first-order valence-electron chi connectivity index (χ1n) is 8.78. The van der Waals surface area contributed by atoms with Crippen molar-refractivity contribution in [2.24, 2.45) is 0 Å². The maximum atomic E-state index is 12.3. The Kier molecular flexibility index (Phi) is 4.61. The van der Waals surface area contributed by atoms with Crippen LogP contribution >= 0.6 is 0 Å². The predicted octanol–water partition coefficient (Wildman–Crippen LogP) is 2.37. The number of fused-ring (bicyclic) bond motifs is 2. The fraction of sp³-hybridized carbons (Fsp3) is 0.143. The number of hydrogen-bond acceptors (Lipinski definition) is 4. The zero-order valence-corrected chi connectivity index (χ0v) is 14.6. The number of nitrogens with one attached hydrogen (secondary N) is 2. The molecule has 4 rings (SSSR count). The van der Waals surface area contributed by atoms with Gasteiger partial charge in [-0.3, -0.25) is 14.6 Å². The van der Waals surface area contributed by atoms with Crippen LogP contribution in [-0.2, 0) is 17.6 Å². The Morgan fingerprint density at radius 2 is 1.81 bits per heavy atom. The molecule has 0 aliphatic carbocycles. The molecule has 27 heavy (non-hydrogen) atoms. The van der Waals surface area contributed by atoms with Crippen LogP contribution in [0.25, 0.3) is 21.7 Å². The molecular weight excluding hydrogens is 340 g/mol. The molecule has 4 aromatic rings. The van der Waals surface area contributed by atoms with Crippen molar-refractivity contribution < 1.29 is 4.79 Å². The van der Waals surface area contributed by atoms with Crippen molar-refractivity contribution in [3.63, 3.8) is 0 Å². The predicted molar refractivity (Wildman–Crippen MR) is 105 cm³/mol. The van der Waals surface area contributed by atoms with Gasteiger partial charge in [-0.25, -0.2) is 5.10 Å². The van der Waals surface area contributed by atoms with E-state index in [2.05, 4.69) is 20.5 Å². The molecule has 0 saturated heterocycles. The van der Waals surface area contributed by atoms with Gasteiger partial charge in [0.15, 0.2) is 0 Å². The van der Waals surface area contributed by atoms with Gasteiger partial charge in [0.2, 0.25) is 5.91 Å². The lowest BCUT2D eigenvalue weighted by Crippen LogP contribution is -2.28. The molecular formula is C21H18N4O2. The van der Waals surface area contributed by atoms with E-state index in [1.54, 1.807) is 18.3 Å². The number of rotatable bonds is 5. The molecule has 2 heterocycles. The van der Waals surface area contributed by atoms with E-state index in [9.17, 15) is 9.59 Å². The van der Waals surface area contributed by atoms with Gasteiger partial charge in [0.25, 0.3) is 5.56 Å². The Morgan fingerprint density at radius 1 is 1.00 bits per heavy atom. The molecule has 6 heteroatoms. The summed E-state index contributed by atoms with van der Waals surface area (Å²) >= 11 is 0. The maximum absolute atomic E-state index is 12.3. The summed E-state index contributed by atoms with van der Waals surface area (Å²) in [6.45, 7) is 0.510. The second kappa shape index (κ2) is 7.37. The fourth-order valence-corrected chi connectivity index (χ4v) is 3.23. The lowest BCUT2D eigenvalue weighted by molar-refractivity contribution is -0.120. The van der Waals surface area contributed by atoms with E-state index >= 15 is 0 Å². The molecule has 1 amide bonds. The fourth-order valence-electron chi connectivity index (χ4n) is 3.23. The smallest absolute Gasteiger partial charge is 0.272 e. The van der Waals surface area contributed by atoms with Crippen LogP contribution in [0, 0.1) is 0 Å². The summed E-state index contributed by atoms with van der Waals surface area (Å²) in [6, 6.07) is 17.1. The summed E-state index contributed by atoms with van der Waals surface area (Å²) in [7, 11) is 0. The van der Waals surface area contributed by atoms with Gasteiger partial charge < -0.3 is 5.32 Å². The number of benzene rings is 2. The molecule has 0 saturated carbocycles. The minimum Gasteiger partial charge on any atom is -0.355 e. The minimum absolute atomic E-state index is 0.116. The number of nitrogens with zero attached hydrogens (tertiary/aromatic N) is 2. The van der Waals surface area contributed by atoms with Gasteiger partial charge in [-0.15, -0.1) is 0 Å². The van der Waals surface area contributed by atoms with Crippen molar-refractivity contribution >= 4 is 27.6 Å². The molecule has 0 radical (unpaired) electrons. The van der Waals surface area contributed by atoms with Gasteiger partial charge in [0.05, 0.1) is 23.0 Å². The quantitative estimate of drug-likeness (QED) is 0.573. The van der Waals surface area contributed by atoms with Crippen LogP contribution in [0.15, 0.2) is 65.6 Å². The normalized spacial score (nSPS) is 11.0. The molecule has 2 aromatic carbocycles. The van der Waals surface area contributed by atoms with Crippen LogP contribution in [0.1, 0.15) is 11.3 Å². The Labute approximate surface area is 155 Å². The van der Waals surface area contributed by atoms with E-state index in [1.807, 2.05) is 42.5 Å². The van der Waals surface area contributed by atoms with E-state index < -0.39 is 0 Å². The molecule has 6 nitrogen and oxygen atoms in total. The minimum atomic E-state index is -0.252. The molecule has 2 N–H and O–H groups in total. The van der Waals surface area contributed by atoms with E-state index in [1.165, 1.54) is 0 Å². The number of carbonyl (C=O) groups excluding carboxylic acids is 1. The lowest BCUT2D eigenvalue weighted by Gasteiger charge is -2.08. The number of aromatic nitrogens is 3.